The van der Waals surface area contributed by atoms with E-state index in [4.69, 9.17) is 19.7 Å². The van der Waals surface area contributed by atoms with Gasteiger partial charge in [-0.05, 0) is 59.4 Å². The van der Waals surface area contributed by atoms with Crippen molar-refractivity contribution >= 4 is 24.1 Å². The van der Waals surface area contributed by atoms with Gasteiger partial charge in [-0.15, -0.1) is 0 Å². The van der Waals surface area contributed by atoms with Crippen molar-refractivity contribution < 1.29 is 38.9 Å². The van der Waals surface area contributed by atoms with E-state index in [0.29, 0.717) is 6.42 Å². The average Bonchev–Trinajstić information content (AvgIpc) is 2.64. The molecule has 1 aromatic carbocycles. The molecule has 35 heavy (non-hydrogen) atoms. The van der Waals surface area contributed by atoms with Gasteiger partial charge in [0, 0.05) is 6.42 Å². The van der Waals surface area contributed by atoms with Crippen molar-refractivity contribution in [1.29, 1.82) is 0 Å². The van der Waals surface area contributed by atoms with Crippen molar-refractivity contribution in [1.82, 2.24) is 10.6 Å². The molecule has 0 aliphatic carbocycles. The van der Waals surface area contributed by atoms with E-state index in [0.717, 1.165) is 5.56 Å². The van der Waals surface area contributed by atoms with Crippen molar-refractivity contribution in [2.75, 3.05) is 0 Å². The minimum atomic E-state index is -1.09. The molecule has 4 N–H and O–H groups in total. The molecule has 0 heterocycles. The number of carbonyl (C=O) groups is 4. The van der Waals surface area contributed by atoms with E-state index in [-0.39, 0.29) is 12.3 Å². The van der Waals surface area contributed by atoms with Crippen molar-refractivity contribution in [2.24, 2.45) is 5.92 Å². The van der Waals surface area contributed by atoms with Gasteiger partial charge in [-0.3, -0.25) is 0 Å². The first-order chi connectivity index (χ1) is 15.9. The van der Waals surface area contributed by atoms with E-state index in [2.05, 4.69) is 10.6 Å². The summed E-state index contributed by atoms with van der Waals surface area (Å²) >= 11 is 0. The molecular weight excluding hydrogens is 456 g/mol. The Morgan fingerprint density at radius 1 is 0.771 bits per heavy atom. The first kappa shape index (κ1) is 31.7. The normalized spacial score (nSPS) is 12.9. The first-order valence-corrected chi connectivity index (χ1v) is 11.4. The highest BCUT2D eigenvalue weighted by atomic mass is 16.6. The van der Waals surface area contributed by atoms with Crippen LogP contribution in [0.1, 0.15) is 67.4 Å². The van der Waals surface area contributed by atoms with Crippen LogP contribution < -0.4 is 10.6 Å². The van der Waals surface area contributed by atoms with Crippen LogP contribution in [0.15, 0.2) is 30.3 Å². The molecule has 0 spiro atoms. The third-order valence-electron chi connectivity index (χ3n) is 3.97. The first-order valence-electron chi connectivity index (χ1n) is 11.4. The Kier molecular flexibility index (Phi) is 12.8. The summed E-state index contributed by atoms with van der Waals surface area (Å²) in [5.74, 6) is -1.94. The predicted octanol–water partition coefficient (Wildman–Crippen LogP) is 4.22. The lowest BCUT2D eigenvalue weighted by Gasteiger charge is -2.22. The SMILES string of the molecule is CC(C)(C)OC(=O)N[C@@H](Cc1ccccc1)C(=O)O.CC(C)C[C@H](NC(=O)OC(C)(C)C)C(=O)O. The van der Waals surface area contributed by atoms with Crippen LogP contribution in [-0.2, 0) is 25.5 Å². The second-order valence-electron chi connectivity index (χ2n) is 10.4. The number of carboxylic acid groups (broad SMARTS) is 2. The van der Waals surface area contributed by atoms with Crippen molar-refractivity contribution in [3.63, 3.8) is 0 Å². The molecular formula is C25H40N2O8. The molecule has 0 saturated heterocycles. The summed E-state index contributed by atoms with van der Waals surface area (Å²) in [5.41, 5.74) is -0.434. The van der Waals surface area contributed by atoms with E-state index < -0.39 is 47.4 Å². The van der Waals surface area contributed by atoms with Crippen molar-refractivity contribution in [3.8, 4) is 0 Å². The van der Waals surface area contributed by atoms with Crippen LogP contribution in [-0.4, -0.2) is 57.6 Å². The van der Waals surface area contributed by atoms with Crippen LogP contribution in [0, 0.1) is 5.92 Å². The van der Waals surface area contributed by atoms with Gasteiger partial charge in [-0.1, -0.05) is 44.2 Å². The van der Waals surface area contributed by atoms with Gasteiger partial charge in [-0.25, -0.2) is 19.2 Å². The fourth-order valence-electron chi connectivity index (χ4n) is 2.64. The zero-order valence-electron chi connectivity index (χ0n) is 21.9. The molecule has 10 heteroatoms. The Morgan fingerprint density at radius 3 is 1.51 bits per heavy atom. The molecule has 0 saturated carbocycles. The minimum absolute atomic E-state index is 0.191. The fraction of sp³-hybridized carbons (Fsp3) is 0.600. The number of rotatable bonds is 8. The van der Waals surface area contributed by atoms with Crippen LogP contribution in [0.3, 0.4) is 0 Å². The number of alkyl carbamates (subject to hydrolysis) is 2. The Hall–Kier alpha value is -3.30. The van der Waals surface area contributed by atoms with Gasteiger partial charge in [0.15, 0.2) is 0 Å². The summed E-state index contributed by atoms with van der Waals surface area (Å²) < 4.78 is 10.0. The molecule has 0 bridgehead atoms. The topological polar surface area (TPSA) is 151 Å². The predicted molar refractivity (Wildman–Crippen MR) is 131 cm³/mol. The Bertz CT molecular complexity index is 826. The Morgan fingerprint density at radius 2 is 1.17 bits per heavy atom. The Labute approximate surface area is 207 Å². The molecule has 10 nitrogen and oxygen atoms in total. The van der Waals surface area contributed by atoms with Crippen LogP contribution in [0.2, 0.25) is 0 Å². The second-order valence-corrected chi connectivity index (χ2v) is 10.4. The zero-order chi connectivity index (χ0) is 27.4. The molecule has 0 aliphatic rings. The monoisotopic (exact) mass is 496 g/mol. The number of amides is 2. The summed E-state index contributed by atoms with van der Waals surface area (Å²) in [4.78, 5) is 44.9. The third-order valence-corrected chi connectivity index (χ3v) is 3.97. The maximum absolute atomic E-state index is 11.6. The largest absolute Gasteiger partial charge is 0.480 e. The van der Waals surface area contributed by atoms with Gasteiger partial charge >= 0.3 is 24.1 Å². The number of hydrogen-bond acceptors (Lipinski definition) is 6. The number of ether oxygens (including phenoxy) is 2. The number of benzene rings is 1. The summed E-state index contributed by atoms with van der Waals surface area (Å²) in [7, 11) is 0. The summed E-state index contributed by atoms with van der Waals surface area (Å²) in [6.07, 6.45) is -0.819. The van der Waals surface area contributed by atoms with E-state index in [1.807, 2.05) is 44.2 Å². The highest BCUT2D eigenvalue weighted by molar-refractivity contribution is 5.80. The molecule has 2 atom stereocenters. The van der Waals surface area contributed by atoms with E-state index in [1.165, 1.54) is 0 Å². The number of carboxylic acids is 2. The summed E-state index contributed by atoms with van der Waals surface area (Å²) in [6.45, 7) is 14.1. The van der Waals surface area contributed by atoms with E-state index in [1.54, 1.807) is 41.5 Å². The number of aliphatic carboxylic acids is 2. The number of nitrogens with one attached hydrogen (secondary N) is 2. The standard InChI is InChI=1S/C14H19NO4.C11H21NO4/c1-14(2,3)19-13(18)15-11(12(16)17)9-10-7-5-4-6-8-10;1-7(2)6-8(9(13)14)12-10(15)16-11(3,4)5/h4-8,11H,9H2,1-3H3,(H,15,18)(H,16,17);7-8H,6H2,1-5H3,(H,12,15)(H,13,14)/t11-;8-/m00/s1. The van der Waals surface area contributed by atoms with Crippen LogP contribution in [0.25, 0.3) is 0 Å². The van der Waals surface area contributed by atoms with Gasteiger partial charge in [0.2, 0.25) is 0 Å². The lowest BCUT2D eigenvalue weighted by Crippen LogP contribution is -2.44. The molecule has 0 radical (unpaired) electrons. The maximum atomic E-state index is 11.6. The van der Waals surface area contributed by atoms with Crippen LogP contribution >= 0.6 is 0 Å². The van der Waals surface area contributed by atoms with Crippen molar-refractivity contribution in [2.45, 2.75) is 91.5 Å². The molecule has 1 aromatic rings. The van der Waals surface area contributed by atoms with Gasteiger partial charge in [0.25, 0.3) is 0 Å². The molecule has 0 fully saturated rings. The second kappa shape index (κ2) is 14.2. The lowest BCUT2D eigenvalue weighted by atomic mass is 10.0. The van der Waals surface area contributed by atoms with Gasteiger partial charge < -0.3 is 30.3 Å². The quantitative estimate of drug-likeness (QED) is 0.418. The van der Waals surface area contributed by atoms with Crippen LogP contribution in [0.5, 0.6) is 0 Å². The molecule has 1 rings (SSSR count). The molecule has 0 unspecified atom stereocenters. The summed E-state index contributed by atoms with van der Waals surface area (Å²) in [5, 5.41) is 22.7. The molecule has 0 aromatic heterocycles. The van der Waals surface area contributed by atoms with Gasteiger partial charge in [0.1, 0.15) is 23.3 Å². The molecule has 0 aliphatic heterocycles. The molecule has 2 amide bonds. The average molecular weight is 497 g/mol. The summed E-state index contributed by atoms with van der Waals surface area (Å²) in [6, 6.07) is 7.22. The fourth-order valence-corrected chi connectivity index (χ4v) is 2.64. The maximum Gasteiger partial charge on any atom is 0.408 e. The third kappa shape index (κ3) is 16.9. The molecule has 198 valence electrons. The number of hydrogen-bond donors (Lipinski definition) is 4. The van der Waals surface area contributed by atoms with E-state index in [9.17, 15) is 19.2 Å². The Balaban J connectivity index is 0.000000672. The minimum Gasteiger partial charge on any atom is -0.480 e. The van der Waals surface area contributed by atoms with Crippen LogP contribution in [0.4, 0.5) is 9.59 Å². The van der Waals surface area contributed by atoms with Gasteiger partial charge in [-0.2, -0.15) is 0 Å². The highest BCUT2D eigenvalue weighted by Gasteiger charge is 2.25. The van der Waals surface area contributed by atoms with Crippen molar-refractivity contribution in [3.05, 3.63) is 35.9 Å². The smallest absolute Gasteiger partial charge is 0.408 e. The highest BCUT2D eigenvalue weighted by Crippen LogP contribution is 2.10. The zero-order valence-corrected chi connectivity index (χ0v) is 21.9. The lowest BCUT2D eigenvalue weighted by molar-refractivity contribution is -0.140. The number of carbonyl (C=O) groups excluding carboxylic acids is 2. The van der Waals surface area contributed by atoms with E-state index >= 15 is 0 Å². The van der Waals surface area contributed by atoms with Gasteiger partial charge in [0.05, 0.1) is 0 Å².